The lowest BCUT2D eigenvalue weighted by Gasteiger charge is -2.12. The van der Waals surface area contributed by atoms with Gasteiger partial charge in [-0.15, -0.1) is 0 Å². The summed E-state index contributed by atoms with van der Waals surface area (Å²) in [5, 5.41) is 2.86. The zero-order valence-corrected chi connectivity index (χ0v) is 14.3. The van der Waals surface area contributed by atoms with Gasteiger partial charge in [0, 0.05) is 11.3 Å². The van der Waals surface area contributed by atoms with Gasteiger partial charge in [-0.25, -0.2) is 9.59 Å². The van der Waals surface area contributed by atoms with E-state index in [0.29, 0.717) is 29.5 Å². The molecule has 0 unspecified atom stereocenters. The molecule has 7 heteroatoms. The third-order valence-electron chi connectivity index (χ3n) is 3.66. The van der Waals surface area contributed by atoms with Crippen LogP contribution < -0.4 is 14.8 Å². The molecule has 0 saturated heterocycles. The molecule has 0 fully saturated rings. The first kappa shape index (κ1) is 17.3. The van der Waals surface area contributed by atoms with Gasteiger partial charge in [0.05, 0.1) is 20.3 Å². The van der Waals surface area contributed by atoms with E-state index < -0.39 is 11.9 Å². The monoisotopic (exact) mass is 355 g/mol. The lowest BCUT2D eigenvalue weighted by molar-refractivity contribution is -0.138. The van der Waals surface area contributed by atoms with Crippen molar-refractivity contribution in [2.75, 3.05) is 19.5 Å². The molecule has 0 aliphatic carbocycles. The first-order chi connectivity index (χ1) is 12.6. The minimum atomic E-state index is -0.690. The first-order valence-corrected chi connectivity index (χ1v) is 7.78. The Hall–Kier alpha value is -3.48. The van der Waals surface area contributed by atoms with Crippen LogP contribution in [0.25, 0.3) is 0 Å². The van der Waals surface area contributed by atoms with Crippen LogP contribution in [0.2, 0.25) is 0 Å². The van der Waals surface area contributed by atoms with Gasteiger partial charge >= 0.3 is 11.9 Å². The second-order valence-electron chi connectivity index (χ2n) is 5.36. The molecule has 1 heterocycles. The Labute approximate surface area is 150 Å². The Balaban J connectivity index is 1.86. The average molecular weight is 355 g/mol. The number of hydrogen-bond donors (Lipinski definition) is 1. The molecular weight excluding hydrogens is 338 g/mol. The molecule has 0 bridgehead atoms. The number of benzene rings is 2. The third kappa shape index (κ3) is 3.77. The fourth-order valence-corrected chi connectivity index (χ4v) is 2.39. The molecule has 0 amide bonds. The number of methoxy groups -OCH3 is 2. The summed E-state index contributed by atoms with van der Waals surface area (Å²) in [5.41, 5.74) is 1.31. The highest BCUT2D eigenvalue weighted by molar-refractivity contribution is 5.98. The Morgan fingerprint density at radius 2 is 1.81 bits per heavy atom. The zero-order valence-electron chi connectivity index (χ0n) is 14.3. The molecule has 0 aromatic heterocycles. The van der Waals surface area contributed by atoms with Gasteiger partial charge in [-0.05, 0) is 30.3 Å². The molecule has 0 radical (unpaired) electrons. The maximum Gasteiger partial charge on any atom is 0.354 e. The van der Waals surface area contributed by atoms with Crippen molar-refractivity contribution in [2.45, 2.75) is 6.61 Å². The minimum absolute atomic E-state index is 0.0435. The first-order valence-electron chi connectivity index (χ1n) is 7.78. The largest absolute Gasteiger partial charge is 0.485 e. The Kier molecular flexibility index (Phi) is 5.07. The van der Waals surface area contributed by atoms with Crippen molar-refractivity contribution in [3.05, 3.63) is 59.8 Å². The van der Waals surface area contributed by atoms with E-state index in [1.54, 1.807) is 18.2 Å². The second kappa shape index (κ2) is 7.60. The van der Waals surface area contributed by atoms with Crippen LogP contribution in [0.1, 0.15) is 5.56 Å². The lowest BCUT2D eigenvalue weighted by atomic mass is 10.2. The molecule has 7 nitrogen and oxygen atoms in total. The molecule has 134 valence electrons. The molecule has 3 rings (SSSR count). The lowest BCUT2D eigenvalue weighted by Crippen LogP contribution is -2.15. The summed E-state index contributed by atoms with van der Waals surface area (Å²) in [6, 6.07) is 12.6. The summed E-state index contributed by atoms with van der Waals surface area (Å²) in [5.74, 6) is 0.573. The molecule has 2 aromatic carbocycles. The summed E-state index contributed by atoms with van der Waals surface area (Å²) >= 11 is 0. The molecule has 26 heavy (non-hydrogen) atoms. The highest BCUT2D eigenvalue weighted by Gasteiger charge is 2.17. The average Bonchev–Trinajstić information content (AvgIpc) is 2.85. The fourth-order valence-electron chi connectivity index (χ4n) is 2.39. The van der Waals surface area contributed by atoms with Crippen molar-refractivity contribution in [1.29, 1.82) is 0 Å². The summed E-state index contributed by atoms with van der Waals surface area (Å²) in [4.78, 5) is 23.3. The Morgan fingerprint density at radius 1 is 1.04 bits per heavy atom. The fraction of sp³-hybridized carbons (Fsp3) is 0.158. The van der Waals surface area contributed by atoms with E-state index in [1.807, 2.05) is 24.3 Å². The van der Waals surface area contributed by atoms with Crippen LogP contribution in [0.15, 0.2) is 54.2 Å². The number of rotatable bonds is 4. The molecular formula is C19H17NO6. The number of esters is 2. The topological polar surface area (TPSA) is 83.1 Å². The van der Waals surface area contributed by atoms with E-state index in [9.17, 15) is 9.59 Å². The van der Waals surface area contributed by atoms with Crippen LogP contribution in [-0.4, -0.2) is 26.2 Å². The predicted molar refractivity (Wildman–Crippen MR) is 93.0 cm³/mol. The van der Waals surface area contributed by atoms with Gasteiger partial charge in [-0.2, -0.15) is 0 Å². The second-order valence-corrected chi connectivity index (χ2v) is 5.36. The summed E-state index contributed by atoms with van der Waals surface area (Å²) in [6.07, 6.45) is 1.03. The minimum Gasteiger partial charge on any atom is -0.485 e. The molecule has 1 aliphatic rings. The summed E-state index contributed by atoms with van der Waals surface area (Å²) in [6.45, 7) is 0.302. The third-order valence-corrected chi connectivity index (χ3v) is 3.66. The number of hydrogen-bond acceptors (Lipinski definition) is 7. The van der Waals surface area contributed by atoms with Crippen molar-refractivity contribution >= 4 is 17.6 Å². The number of carbonyl (C=O) groups is 2. The summed E-state index contributed by atoms with van der Waals surface area (Å²) in [7, 11) is 2.45. The van der Waals surface area contributed by atoms with Crippen LogP contribution >= 0.6 is 0 Å². The number of fused-ring (bicyclic) bond motifs is 2. The quantitative estimate of drug-likeness (QED) is 0.667. The van der Waals surface area contributed by atoms with Gasteiger partial charge in [0.2, 0.25) is 0 Å². The normalized spacial score (nSPS) is 12.5. The Bertz CT molecular complexity index is 874. The standard InChI is InChI=1S/C19H17NO6/c1-23-18(21)10-14(19(22)24-2)20-13-7-8-15-12(9-13)11-25-16-5-3-4-6-17(16)26-15/h3-10,20H,11H2,1-2H3/b14-10+. The predicted octanol–water partition coefficient (Wildman–Crippen LogP) is 3.01. The maximum atomic E-state index is 11.9. The van der Waals surface area contributed by atoms with Gasteiger partial charge < -0.3 is 24.3 Å². The van der Waals surface area contributed by atoms with Crippen LogP contribution in [0.3, 0.4) is 0 Å². The van der Waals surface area contributed by atoms with Crippen LogP contribution in [0.5, 0.6) is 17.2 Å². The number of carbonyl (C=O) groups excluding carboxylic acids is 2. The van der Waals surface area contributed by atoms with E-state index >= 15 is 0 Å². The SMILES string of the molecule is COC(=O)/C=C(/Nc1ccc2c(c1)COc1ccccc1O2)C(=O)OC. The molecule has 0 spiro atoms. The number of ether oxygens (including phenoxy) is 4. The van der Waals surface area contributed by atoms with Gasteiger partial charge in [-0.1, -0.05) is 12.1 Å². The Morgan fingerprint density at radius 3 is 2.54 bits per heavy atom. The van der Waals surface area contributed by atoms with Crippen LogP contribution in [0.4, 0.5) is 5.69 Å². The van der Waals surface area contributed by atoms with Gasteiger partial charge in [0.1, 0.15) is 18.1 Å². The van der Waals surface area contributed by atoms with Gasteiger partial charge in [0.25, 0.3) is 0 Å². The smallest absolute Gasteiger partial charge is 0.354 e. The van der Waals surface area contributed by atoms with E-state index in [1.165, 1.54) is 14.2 Å². The number of para-hydroxylation sites is 2. The number of anilines is 1. The molecule has 2 aromatic rings. The van der Waals surface area contributed by atoms with Crippen LogP contribution in [-0.2, 0) is 25.7 Å². The molecule has 0 saturated carbocycles. The van der Waals surface area contributed by atoms with Crippen molar-refractivity contribution in [3.8, 4) is 17.2 Å². The summed E-state index contributed by atoms with van der Waals surface area (Å²) < 4.78 is 20.9. The van der Waals surface area contributed by atoms with Crippen LogP contribution in [0, 0.1) is 0 Å². The zero-order chi connectivity index (χ0) is 18.5. The van der Waals surface area contributed by atoms with E-state index in [-0.39, 0.29) is 5.70 Å². The van der Waals surface area contributed by atoms with Crippen molar-refractivity contribution in [1.82, 2.24) is 0 Å². The van der Waals surface area contributed by atoms with Gasteiger partial charge in [0.15, 0.2) is 11.5 Å². The van der Waals surface area contributed by atoms with E-state index in [2.05, 4.69) is 14.8 Å². The number of nitrogens with one attached hydrogen (secondary N) is 1. The van der Waals surface area contributed by atoms with Gasteiger partial charge in [-0.3, -0.25) is 0 Å². The highest BCUT2D eigenvalue weighted by atomic mass is 16.5. The molecule has 0 atom stereocenters. The maximum absolute atomic E-state index is 11.9. The molecule has 1 N–H and O–H groups in total. The van der Waals surface area contributed by atoms with Crippen molar-refractivity contribution in [3.63, 3.8) is 0 Å². The van der Waals surface area contributed by atoms with E-state index in [4.69, 9.17) is 9.47 Å². The molecule has 1 aliphatic heterocycles. The highest BCUT2D eigenvalue weighted by Crippen LogP contribution is 2.38. The van der Waals surface area contributed by atoms with Crippen molar-refractivity contribution in [2.24, 2.45) is 0 Å². The van der Waals surface area contributed by atoms with E-state index in [0.717, 1.165) is 11.6 Å². The van der Waals surface area contributed by atoms with Crippen molar-refractivity contribution < 1.29 is 28.5 Å².